The van der Waals surface area contributed by atoms with Crippen molar-refractivity contribution in [1.82, 2.24) is 0 Å². The second-order valence-electron chi connectivity index (χ2n) is 1.73. The monoisotopic (exact) mass is 174 g/mol. The van der Waals surface area contributed by atoms with Gasteiger partial charge in [-0.05, 0) is 17.2 Å². The molecule has 1 heterocycles. The number of hydrogen-bond acceptors (Lipinski definition) is 4. The first-order chi connectivity index (χ1) is 4.83. The number of hydrogen-bond donors (Lipinski definition) is 1. The molecule has 1 aliphatic rings. The summed E-state index contributed by atoms with van der Waals surface area (Å²) in [6.07, 6.45) is 2.00. The Bertz CT molecular complexity index is 165. The van der Waals surface area contributed by atoms with Crippen molar-refractivity contribution >= 4 is 28.6 Å². The summed E-state index contributed by atoms with van der Waals surface area (Å²) in [5, 5.41) is 3.05. The van der Waals surface area contributed by atoms with E-state index in [1.807, 2.05) is 11.5 Å². The number of aliphatic imine (C=N–C) groups is 1. The largest absolute Gasteiger partial charge is 0.301 e. The SMILES string of the molecule is CCSC1=NC(N)SC=C1. The predicted octanol–water partition coefficient (Wildman–Crippen LogP) is 1.64. The molecule has 2 N–H and O–H groups in total. The van der Waals surface area contributed by atoms with E-state index in [2.05, 4.69) is 11.9 Å². The maximum atomic E-state index is 5.57. The van der Waals surface area contributed by atoms with Gasteiger partial charge >= 0.3 is 0 Å². The van der Waals surface area contributed by atoms with Crippen LogP contribution in [-0.2, 0) is 0 Å². The van der Waals surface area contributed by atoms with Gasteiger partial charge in [-0.1, -0.05) is 18.7 Å². The summed E-state index contributed by atoms with van der Waals surface area (Å²) >= 11 is 3.27. The highest BCUT2D eigenvalue weighted by Gasteiger charge is 2.04. The Morgan fingerprint density at radius 3 is 3.30 bits per heavy atom. The molecule has 0 spiro atoms. The van der Waals surface area contributed by atoms with Crippen LogP contribution in [0.4, 0.5) is 0 Å². The standard InChI is InChI=1S/C6H10N2S2/c1-2-9-5-3-4-10-6(7)8-5/h3-4,6H,2,7H2,1H3. The molecule has 2 nitrogen and oxygen atoms in total. The van der Waals surface area contributed by atoms with E-state index in [-0.39, 0.29) is 5.50 Å². The maximum absolute atomic E-state index is 5.57. The predicted molar refractivity (Wildman–Crippen MR) is 50.3 cm³/mol. The van der Waals surface area contributed by atoms with Crippen molar-refractivity contribution in [1.29, 1.82) is 0 Å². The molecule has 0 fully saturated rings. The van der Waals surface area contributed by atoms with Gasteiger partial charge in [0.1, 0.15) is 5.50 Å². The van der Waals surface area contributed by atoms with Crippen LogP contribution in [0.25, 0.3) is 0 Å². The van der Waals surface area contributed by atoms with E-state index in [9.17, 15) is 0 Å². The van der Waals surface area contributed by atoms with Crippen LogP contribution in [0.2, 0.25) is 0 Å². The van der Waals surface area contributed by atoms with Crippen LogP contribution in [-0.4, -0.2) is 16.3 Å². The van der Waals surface area contributed by atoms with Gasteiger partial charge < -0.3 is 5.73 Å². The zero-order chi connectivity index (χ0) is 7.40. The van der Waals surface area contributed by atoms with Gasteiger partial charge in [0.15, 0.2) is 0 Å². The lowest BCUT2D eigenvalue weighted by Crippen LogP contribution is -2.15. The maximum Gasteiger partial charge on any atom is 0.149 e. The summed E-state index contributed by atoms with van der Waals surface area (Å²) in [5.74, 6) is 1.06. The van der Waals surface area contributed by atoms with Crippen molar-refractivity contribution in [2.45, 2.75) is 12.4 Å². The third-order valence-corrected chi connectivity index (χ3v) is 2.48. The third-order valence-electron chi connectivity index (χ3n) is 0.975. The second kappa shape index (κ2) is 4.05. The molecule has 1 atom stereocenters. The molecule has 0 amide bonds. The van der Waals surface area contributed by atoms with Crippen molar-refractivity contribution < 1.29 is 0 Å². The highest BCUT2D eigenvalue weighted by atomic mass is 32.2. The van der Waals surface area contributed by atoms with Crippen LogP contribution in [0.3, 0.4) is 0 Å². The highest BCUT2D eigenvalue weighted by molar-refractivity contribution is 8.14. The molecule has 56 valence electrons. The Morgan fingerprint density at radius 2 is 2.70 bits per heavy atom. The van der Waals surface area contributed by atoms with Crippen molar-refractivity contribution in [2.75, 3.05) is 5.75 Å². The highest BCUT2D eigenvalue weighted by Crippen LogP contribution is 2.18. The Hall–Kier alpha value is 0.0700. The van der Waals surface area contributed by atoms with Crippen molar-refractivity contribution in [2.24, 2.45) is 10.7 Å². The lowest BCUT2D eigenvalue weighted by Gasteiger charge is -2.09. The van der Waals surface area contributed by atoms with E-state index in [1.165, 1.54) is 0 Å². The van der Waals surface area contributed by atoms with Crippen LogP contribution in [0.15, 0.2) is 16.5 Å². The Balaban J connectivity index is 2.49. The minimum Gasteiger partial charge on any atom is -0.301 e. The number of thioether (sulfide) groups is 2. The molecule has 1 rings (SSSR count). The molecule has 0 bridgehead atoms. The van der Waals surface area contributed by atoms with Crippen LogP contribution in [0, 0.1) is 0 Å². The lowest BCUT2D eigenvalue weighted by atomic mass is 10.7. The third kappa shape index (κ3) is 2.36. The van der Waals surface area contributed by atoms with Gasteiger partial charge in [-0.3, -0.25) is 0 Å². The van der Waals surface area contributed by atoms with Gasteiger partial charge in [-0.25, -0.2) is 4.99 Å². The smallest absolute Gasteiger partial charge is 0.149 e. The first kappa shape index (κ1) is 8.17. The normalized spacial score (nSPS) is 24.6. The first-order valence-corrected chi connectivity index (χ1v) is 5.04. The molecule has 0 aromatic carbocycles. The number of nitrogens with two attached hydrogens (primary N) is 1. The van der Waals surface area contributed by atoms with E-state index < -0.39 is 0 Å². The second-order valence-corrected chi connectivity index (χ2v) is 4.04. The van der Waals surface area contributed by atoms with Gasteiger partial charge in [-0.15, -0.1) is 11.8 Å². The Morgan fingerprint density at radius 1 is 1.90 bits per heavy atom. The molecular weight excluding hydrogens is 164 g/mol. The summed E-state index contributed by atoms with van der Waals surface area (Å²) in [5.41, 5.74) is 5.48. The van der Waals surface area contributed by atoms with Crippen LogP contribution < -0.4 is 5.73 Å². The summed E-state index contributed by atoms with van der Waals surface area (Å²) < 4.78 is 0. The van der Waals surface area contributed by atoms with E-state index in [4.69, 9.17) is 5.73 Å². The molecule has 0 saturated carbocycles. The molecular formula is C6H10N2S2. The lowest BCUT2D eigenvalue weighted by molar-refractivity contribution is 0.996. The first-order valence-electron chi connectivity index (χ1n) is 3.11. The van der Waals surface area contributed by atoms with E-state index in [0.717, 1.165) is 10.8 Å². The fraction of sp³-hybridized carbons (Fsp3) is 0.500. The molecule has 1 unspecified atom stereocenters. The van der Waals surface area contributed by atoms with Gasteiger partial charge in [0.25, 0.3) is 0 Å². The van der Waals surface area contributed by atoms with Gasteiger partial charge in [0.2, 0.25) is 0 Å². The van der Waals surface area contributed by atoms with Crippen LogP contribution >= 0.6 is 23.5 Å². The molecule has 0 aromatic heterocycles. The average molecular weight is 174 g/mol. The molecule has 1 aliphatic heterocycles. The summed E-state index contributed by atoms with van der Waals surface area (Å²) in [6.45, 7) is 2.11. The fourth-order valence-corrected chi connectivity index (χ4v) is 1.95. The molecule has 0 saturated heterocycles. The van der Waals surface area contributed by atoms with Crippen molar-refractivity contribution in [3.8, 4) is 0 Å². The van der Waals surface area contributed by atoms with Crippen molar-refractivity contribution in [3.05, 3.63) is 11.5 Å². The van der Waals surface area contributed by atoms with Gasteiger partial charge in [0.05, 0.1) is 5.04 Å². The topological polar surface area (TPSA) is 38.4 Å². The summed E-state index contributed by atoms with van der Waals surface area (Å²) in [4.78, 5) is 4.21. The van der Waals surface area contributed by atoms with Gasteiger partial charge in [0, 0.05) is 0 Å². The molecule has 0 aliphatic carbocycles. The molecule has 4 heteroatoms. The fourth-order valence-electron chi connectivity index (χ4n) is 0.610. The summed E-state index contributed by atoms with van der Waals surface area (Å²) in [6, 6.07) is 0. The average Bonchev–Trinajstić information content (AvgIpc) is 1.88. The minimum atomic E-state index is -0.0842. The van der Waals surface area contributed by atoms with E-state index in [0.29, 0.717) is 0 Å². The zero-order valence-corrected chi connectivity index (χ0v) is 7.41. The molecule has 0 aromatic rings. The number of nitrogens with zero attached hydrogens (tertiary/aromatic N) is 1. The molecule has 0 radical (unpaired) electrons. The van der Waals surface area contributed by atoms with Crippen LogP contribution in [0.1, 0.15) is 6.92 Å². The minimum absolute atomic E-state index is 0.0842. The summed E-state index contributed by atoms with van der Waals surface area (Å²) in [7, 11) is 0. The van der Waals surface area contributed by atoms with Gasteiger partial charge in [-0.2, -0.15) is 0 Å². The zero-order valence-electron chi connectivity index (χ0n) is 5.78. The Labute approximate surface area is 69.3 Å². The number of rotatable bonds is 1. The quantitative estimate of drug-likeness (QED) is 0.657. The van der Waals surface area contributed by atoms with Crippen molar-refractivity contribution in [3.63, 3.8) is 0 Å². The Kier molecular flexibility index (Phi) is 3.31. The van der Waals surface area contributed by atoms with E-state index in [1.54, 1.807) is 23.5 Å². The molecule has 10 heavy (non-hydrogen) atoms. The van der Waals surface area contributed by atoms with E-state index >= 15 is 0 Å². The van der Waals surface area contributed by atoms with Crippen LogP contribution in [0.5, 0.6) is 0 Å².